The van der Waals surface area contributed by atoms with Crippen LogP contribution in [0, 0.1) is 13.1 Å². The Morgan fingerprint density at radius 3 is 1.54 bits per heavy atom. The molecular formula is C22H41FI2N6O4. The Balaban J connectivity index is -0.000000394. The number of pyridine rings is 2. The van der Waals surface area contributed by atoms with E-state index in [1.165, 1.54) is 6.07 Å². The van der Waals surface area contributed by atoms with Crippen molar-refractivity contribution < 1.29 is 24.1 Å². The van der Waals surface area contributed by atoms with Gasteiger partial charge in [-0.3, -0.25) is 0 Å². The summed E-state index contributed by atoms with van der Waals surface area (Å²) in [4.78, 5) is 7.36. The molecule has 2 heterocycles. The number of hydrogen-bond acceptors (Lipinski definition) is 10. The summed E-state index contributed by atoms with van der Waals surface area (Å²) in [5, 5.41) is 19.2. The number of halogens is 3. The molecule has 0 fully saturated rings. The number of hydrogen-bond donors (Lipinski definition) is 6. The Labute approximate surface area is 235 Å². The third-order valence-electron chi connectivity index (χ3n) is 2.95. The summed E-state index contributed by atoms with van der Waals surface area (Å²) in [6, 6.07) is 6.57. The number of anilines is 3. The van der Waals surface area contributed by atoms with E-state index in [-0.39, 0.29) is 19.0 Å². The van der Waals surface area contributed by atoms with Crippen molar-refractivity contribution in [3.8, 4) is 0 Å². The smallest absolute Gasteiger partial charge is 0.215 e. The van der Waals surface area contributed by atoms with Crippen molar-refractivity contribution in [1.29, 1.82) is 0 Å². The van der Waals surface area contributed by atoms with Crippen molar-refractivity contribution in [2.24, 2.45) is 5.73 Å². The van der Waals surface area contributed by atoms with Crippen LogP contribution < -0.4 is 22.5 Å². The van der Waals surface area contributed by atoms with Gasteiger partial charge in [-0.1, -0.05) is 0 Å². The summed E-state index contributed by atoms with van der Waals surface area (Å²) in [5.74, 6) is 0.884. The first-order chi connectivity index (χ1) is 16.6. The molecule has 0 aromatic carbocycles. The first kappa shape index (κ1) is 38.4. The fraction of sp³-hybridized carbons (Fsp3) is 0.545. The molecule has 204 valence electrons. The predicted octanol–water partition coefficient (Wildman–Crippen LogP) is 3.10. The van der Waals surface area contributed by atoms with E-state index in [0.717, 1.165) is 33.6 Å². The van der Waals surface area contributed by atoms with Crippen LogP contribution >= 0.6 is 45.2 Å². The van der Waals surface area contributed by atoms with Gasteiger partial charge < -0.3 is 42.2 Å². The minimum absolute atomic E-state index is 0.0903. The van der Waals surface area contributed by atoms with Crippen LogP contribution in [0.1, 0.15) is 27.7 Å². The number of nitrogen functional groups attached to an aromatic ring is 2. The molecule has 0 amide bonds. The highest BCUT2D eigenvalue weighted by molar-refractivity contribution is 14.1. The second-order valence-corrected chi connectivity index (χ2v) is 8.35. The standard InChI is InChI=1S/C7H10IN3O.C5H4FIN2.2C4H10O.C2H7NO/c8-5-3-6(9)11-7(4-5)10-1-2-12;6-4-1-3(7)2-5(8)9-4;2*1-3-5-4-2;3-1-2-4/h3-4,12H,1-2H2,(H3,9,10,11);1-2H,(H2,8,9);2*3-4H2,1-2H3;4H,1-3H2. The molecule has 2 aromatic heterocycles. The van der Waals surface area contributed by atoms with Gasteiger partial charge in [-0.05, 0) is 91.1 Å². The van der Waals surface area contributed by atoms with Crippen molar-refractivity contribution in [3.05, 3.63) is 37.4 Å². The van der Waals surface area contributed by atoms with Crippen molar-refractivity contribution in [2.45, 2.75) is 27.7 Å². The molecule has 0 saturated heterocycles. The summed E-state index contributed by atoms with van der Waals surface area (Å²) in [5.41, 5.74) is 15.5. The van der Waals surface area contributed by atoms with Crippen LogP contribution in [0.4, 0.5) is 21.8 Å². The van der Waals surface area contributed by atoms with E-state index < -0.39 is 5.95 Å². The van der Waals surface area contributed by atoms with Crippen LogP contribution in [0.3, 0.4) is 0 Å². The lowest BCUT2D eigenvalue weighted by Crippen LogP contribution is -2.07. The summed E-state index contributed by atoms with van der Waals surface area (Å²) >= 11 is 4.13. The molecule has 0 aliphatic carbocycles. The number of aliphatic hydroxyl groups excluding tert-OH is 2. The monoisotopic (exact) mass is 726 g/mol. The Bertz CT molecular complexity index is 654. The molecule has 0 atom stereocenters. The van der Waals surface area contributed by atoms with E-state index >= 15 is 0 Å². The Morgan fingerprint density at radius 2 is 1.26 bits per heavy atom. The zero-order valence-corrected chi connectivity index (χ0v) is 25.3. The molecule has 0 bridgehead atoms. The van der Waals surface area contributed by atoms with Crippen LogP contribution in [-0.4, -0.2) is 72.9 Å². The predicted molar refractivity (Wildman–Crippen MR) is 159 cm³/mol. The first-order valence-electron chi connectivity index (χ1n) is 11.0. The van der Waals surface area contributed by atoms with Crippen molar-refractivity contribution in [2.75, 3.05) is 69.5 Å². The highest BCUT2D eigenvalue weighted by atomic mass is 127. The fourth-order valence-corrected chi connectivity index (χ4v) is 2.87. The van der Waals surface area contributed by atoms with Crippen LogP contribution in [0.5, 0.6) is 0 Å². The van der Waals surface area contributed by atoms with Gasteiger partial charge in [0, 0.05) is 52.7 Å². The lowest BCUT2D eigenvalue weighted by atomic mass is 10.4. The zero-order valence-electron chi connectivity index (χ0n) is 20.9. The first-order valence-corrected chi connectivity index (χ1v) is 13.1. The van der Waals surface area contributed by atoms with Crippen LogP contribution in [0.15, 0.2) is 24.3 Å². The van der Waals surface area contributed by atoms with Gasteiger partial charge in [-0.25, -0.2) is 9.97 Å². The normalized spacial score (nSPS) is 9.09. The summed E-state index contributed by atoms with van der Waals surface area (Å²) in [7, 11) is 0. The van der Waals surface area contributed by atoms with Gasteiger partial charge in [0.1, 0.15) is 17.5 Å². The Hall–Kier alpha value is -1.11. The Morgan fingerprint density at radius 1 is 0.829 bits per heavy atom. The molecule has 0 aliphatic heterocycles. The van der Waals surface area contributed by atoms with E-state index in [1.807, 2.05) is 56.4 Å². The van der Waals surface area contributed by atoms with Gasteiger partial charge in [0.15, 0.2) is 0 Å². The molecule has 0 aliphatic rings. The van der Waals surface area contributed by atoms with Crippen molar-refractivity contribution in [1.82, 2.24) is 9.97 Å². The molecule has 35 heavy (non-hydrogen) atoms. The summed E-state index contributed by atoms with van der Waals surface area (Å²) in [6.45, 7) is 12.4. The molecule has 0 saturated carbocycles. The van der Waals surface area contributed by atoms with E-state index in [4.69, 9.17) is 36.9 Å². The van der Waals surface area contributed by atoms with Crippen molar-refractivity contribution in [3.63, 3.8) is 0 Å². The fourth-order valence-electron chi connectivity index (χ4n) is 1.68. The molecule has 10 nitrogen and oxygen atoms in total. The van der Waals surface area contributed by atoms with E-state index in [9.17, 15) is 4.39 Å². The molecule has 13 heteroatoms. The molecule has 2 rings (SSSR count). The topological polar surface area (TPSA) is 175 Å². The molecule has 9 N–H and O–H groups in total. The van der Waals surface area contributed by atoms with Crippen LogP contribution in [-0.2, 0) is 9.47 Å². The molecule has 0 radical (unpaired) electrons. The van der Waals surface area contributed by atoms with Gasteiger partial charge in [-0.15, -0.1) is 0 Å². The number of rotatable bonds is 8. The van der Waals surface area contributed by atoms with Gasteiger partial charge >= 0.3 is 0 Å². The third kappa shape index (κ3) is 30.9. The minimum atomic E-state index is -0.528. The van der Waals surface area contributed by atoms with Gasteiger partial charge in [0.25, 0.3) is 0 Å². The van der Waals surface area contributed by atoms with Crippen LogP contribution in [0.25, 0.3) is 0 Å². The zero-order chi connectivity index (χ0) is 27.5. The third-order valence-corrected chi connectivity index (χ3v) is 4.20. The number of ether oxygens (including phenoxy) is 2. The molecule has 0 spiro atoms. The highest BCUT2D eigenvalue weighted by Gasteiger charge is 1.96. The average molecular weight is 726 g/mol. The number of nitrogens with two attached hydrogens (primary N) is 3. The van der Waals surface area contributed by atoms with E-state index in [2.05, 4.69) is 37.9 Å². The van der Waals surface area contributed by atoms with Crippen LogP contribution in [0.2, 0.25) is 0 Å². The second kappa shape index (κ2) is 29.1. The number of aliphatic hydroxyl groups is 2. The van der Waals surface area contributed by atoms with Crippen molar-refractivity contribution >= 4 is 62.6 Å². The summed E-state index contributed by atoms with van der Waals surface area (Å²) < 4.78 is 23.7. The lowest BCUT2D eigenvalue weighted by Gasteiger charge is -2.04. The quantitative estimate of drug-likeness (QED) is 0.175. The Kier molecular flexibility index (Phi) is 32.0. The number of aromatic nitrogens is 2. The maximum absolute atomic E-state index is 12.2. The maximum atomic E-state index is 12.2. The number of nitrogens with one attached hydrogen (secondary N) is 1. The lowest BCUT2D eigenvalue weighted by molar-refractivity contribution is 0.162. The molecule has 0 unspecified atom stereocenters. The van der Waals surface area contributed by atoms with E-state index in [0.29, 0.717) is 24.7 Å². The SMILES string of the molecule is CCOCC.CCOCC.NCCO.Nc1cc(I)cc(F)n1.Nc1cc(I)cc(NCCO)n1. The largest absolute Gasteiger partial charge is 0.395 e. The highest BCUT2D eigenvalue weighted by Crippen LogP contribution is 2.13. The average Bonchev–Trinajstić information content (AvgIpc) is 2.79. The molecule has 2 aromatic rings. The maximum Gasteiger partial charge on any atom is 0.215 e. The van der Waals surface area contributed by atoms with E-state index in [1.54, 1.807) is 12.1 Å². The summed E-state index contributed by atoms with van der Waals surface area (Å²) in [6.07, 6.45) is 0. The van der Waals surface area contributed by atoms with Gasteiger partial charge in [0.05, 0.1) is 13.2 Å². The van der Waals surface area contributed by atoms with Gasteiger partial charge in [-0.2, -0.15) is 4.39 Å². The minimum Gasteiger partial charge on any atom is -0.395 e. The number of nitrogens with zero attached hydrogens (tertiary/aromatic N) is 2. The second-order valence-electron chi connectivity index (χ2n) is 5.85. The molecular weight excluding hydrogens is 685 g/mol. The van der Waals surface area contributed by atoms with Gasteiger partial charge in [0.2, 0.25) is 5.95 Å².